The number of benzene rings is 2. The van der Waals surface area contributed by atoms with Gasteiger partial charge in [-0.2, -0.15) is 4.98 Å². The second-order valence-electron chi connectivity index (χ2n) is 9.36. The fourth-order valence-corrected chi connectivity index (χ4v) is 5.26. The Morgan fingerprint density at radius 1 is 1.03 bits per heavy atom. The van der Waals surface area contributed by atoms with Crippen LogP contribution in [0.1, 0.15) is 36.4 Å². The highest BCUT2D eigenvalue weighted by atomic mass is 16.5. The van der Waals surface area contributed by atoms with E-state index in [9.17, 15) is 4.79 Å². The second-order valence-corrected chi connectivity index (χ2v) is 9.36. The zero-order chi connectivity index (χ0) is 25.8. The van der Waals surface area contributed by atoms with Gasteiger partial charge in [0.25, 0.3) is 0 Å². The van der Waals surface area contributed by atoms with Crippen LogP contribution in [0.4, 0.5) is 17.5 Å². The van der Waals surface area contributed by atoms with Crippen LogP contribution in [-0.4, -0.2) is 50.3 Å². The van der Waals surface area contributed by atoms with Gasteiger partial charge < -0.3 is 29.7 Å². The second kappa shape index (κ2) is 10.9. The zero-order valence-corrected chi connectivity index (χ0v) is 21.5. The van der Waals surface area contributed by atoms with E-state index in [1.54, 1.807) is 39.7 Å². The third-order valence-corrected chi connectivity index (χ3v) is 7.13. The van der Waals surface area contributed by atoms with Gasteiger partial charge in [0.05, 0.1) is 33.3 Å². The first-order chi connectivity index (χ1) is 18.1. The average molecular weight is 504 g/mol. The van der Waals surface area contributed by atoms with Crippen molar-refractivity contribution in [1.82, 2.24) is 15.3 Å². The molecule has 37 heavy (non-hydrogen) atoms. The highest BCUT2D eigenvalue weighted by molar-refractivity contribution is 5.80. The van der Waals surface area contributed by atoms with Crippen molar-refractivity contribution in [3.8, 4) is 17.2 Å². The maximum Gasteiger partial charge on any atom is 0.229 e. The Balaban J connectivity index is 1.27. The van der Waals surface area contributed by atoms with Crippen LogP contribution in [0.3, 0.4) is 0 Å². The Labute approximate surface area is 217 Å². The zero-order valence-electron chi connectivity index (χ0n) is 21.5. The first kappa shape index (κ1) is 24.7. The van der Waals surface area contributed by atoms with Crippen molar-refractivity contribution in [3.05, 3.63) is 59.8 Å². The van der Waals surface area contributed by atoms with Crippen molar-refractivity contribution >= 4 is 23.4 Å². The van der Waals surface area contributed by atoms with E-state index in [0.29, 0.717) is 35.4 Å². The van der Waals surface area contributed by atoms with Crippen molar-refractivity contribution < 1.29 is 19.0 Å². The van der Waals surface area contributed by atoms with Gasteiger partial charge in [-0.15, -0.1) is 0 Å². The van der Waals surface area contributed by atoms with Gasteiger partial charge in [0, 0.05) is 37.1 Å². The number of carbonyl (C=O) groups excluding carboxylic acids is 1. The Hall–Kier alpha value is -4.01. The summed E-state index contributed by atoms with van der Waals surface area (Å²) in [5.41, 5.74) is 3.30. The predicted molar refractivity (Wildman–Crippen MR) is 142 cm³/mol. The van der Waals surface area contributed by atoms with Gasteiger partial charge in [0.1, 0.15) is 5.82 Å². The lowest BCUT2D eigenvalue weighted by atomic mass is 9.96. The Morgan fingerprint density at radius 3 is 2.57 bits per heavy atom. The first-order valence-corrected chi connectivity index (χ1v) is 12.6. The molecule has 2 heterocycles. The number of carbonyl (C=O) groups is 1. The summed E-state index contributed by atoms with van der Waals surface area (Å²) >= 11 is 0. The van der Waals surface area contributed by atoms with Crippen molar-refractivity contribution in [3.63, 3.8) is 0 Å². The predicted octanol–water partition coefficient (Wildman–Crippen LogP) is 4.27. The summed E-state index contributed by atoms with van der Waals surface area (Å²) < 4.78 is 16.3. The molecule has 1 amide bonds. The molecule has 3 aromatic rings. The van der Waals surface area contributed by atoms with Gasteiger partial charge in [-0.25, -0.2) is 4.98 Å². The number of piperidine rings is 1. The quantitative estimate of drug-likeness (QED) is 0.471. The molecule has 0 radical (unpaired) electrons. The van der Waals surface area contributed by atoms with Gasteiger partial charge in [0.2, 0.25) is 17.6 Å². The number of ether oxygens (including phenoxy) is 3. The molecule has 0 spiro atoms. The summed E-state index contributed by atoms with van der Waals surface area (Å²) in [4.78, 5) is 24.5. The lowest BCUT2D eigenvalue weighted by molar-refractivity contribution is -0.126. The van der Waals surface area contributed by atoms with E-state index in [-0.39, 0.29) is 17.9 Å². The van der Waals surface area contributed by atoms with Crippen LogP contribution in [0.5, 0.6) is 17.2 Å². The molecule has 1 aliphatic heterocycles. The molecule has 2 atom stereocenters. The van der Waals surface area contributed by atoms with Gasteiger partial charge in [-0.1, -0.05) is 24.3 Å². The topological polar surface area (TPSA) is 97.8 Å². The lowest BCUT2D eigenvalue weighted by Crippen LogP contribution is -2.44. The molecule has 1 aromatic heterocycles. The number of nitrogens with zero attached hydrogens (tertiary/aromatic N) is 3. The molecular weight excluding hydrogens is 470 g/mol. The van der Waals surface area contributed by atoms with Crippen molar-refractivity contribution in [2.45, 2.75) is 31.7 Å². The van der Waals surface area contributed by atoms with Crippen molar-refractivity contribution in [2.75, 3.05) is 44.6 Å². The Bertz CT molecular complexity index is 1240. The summed E-state index contributed by atoms with van der Waals surface area (Å²) in [5, 5.41) is 6.54. The SMILES string of the molecule is COc1cc(Nc2nccc(N3CCCC(C(=O)N[C@H]4CCc5ccccc54)C3)n2)cc(OC)c1OC. The van der Waals surface area contributed by atoms with Gasteiger partial charge in [-0.3, -0.25) is 4.79 Å². The van der Waals surface area contributed by atoms with Crippen LogP contribution in [0, 0.1) is 5.92 Å². The number of aromatic nitrogens is 2. The van der Waals surface area contributed by atoms with Gasteiger partial charge in [-0.05, 0) is 42.9 Å². The molecule has 0 bridgehead atoms. The number of fused-ring (bicyclic) bond motifs is 1. The van der Waals surface area contributed by atoms with Crippen LogP contribution in [0.25, 0.3) is 0 Å². The molecule has 5 rings (SSSR count). The summed E-state index contributed by atoms with van der Waals surface area (Å²) in [5.74, 6) is 2.86. The molecule has 1 fully saturated rings. The summed E-state index contributed by atoms with van der Waals surface area (Å²) in [6, 6.07) is 14.0. The number of hydrogen-bond donors (Lipinski definition) is 2. The number of amides is 1. The Morgan fingerprint density at radius 2 is 1.81 bits per heavy atom. The van der Waals surface area contributed by atoms with Crippen LogP contribution in [0.2, 0.25) is 0 Å². The average Bonchev–Trinajstić information content (AvgIpc) is 3.35. The van der Waals surface area contributed by atoms with Gasteiger partial charge in [0.15, 0.2) is 11.5 Å². The van der Waals surface area contributed by atoms with E-state index < -0.39 is 0 Å². The molecular formula is C28H33N5O4. The van der Waals surface area contributed by atoms with E-state index in [2.05, 4.69) is 38.7 Å². The molecule has 2 N–H and O–H groups in total. The van der Waals surface area contributed by atoms with Gasteiger partial charge >= 0.3 is 0 Å². The van der Waals surface area contributed by atoms with Crippen LogP contribution >= 0.6 is 0 Å². The third-order valence-electron chi connectivity index (χ3n) is 7.13. The van der Waals surface area contributed by atoms with E-state index in [1.165, 1.54) is 11.1 Å². The summed E-state index contributed by atoms with van der Waals surface area (Å²) in [6.45, 7) is 1.47. The highest BCUT2D eigenvalue weighted by Gasteiger charge is 2.30. The lowest BCUT2D eigenvalue weighted by Gasteiger charge is -2.33. The van der Waals surface area contributed by atoms with E-state index >= 15 is 0 Å². The van der Waals surface area contributed by atoms with Crippen molar-refractivity contribution in [1.29, 1.82) is 0 Å². The molecule has 2 aliphatic rings. The highest BCUT2D eigenvalue weighted by Crippen LogP contribution is 2.40. The summed E-state index contributed by atoms with van der Waals surface area (Å²) in [6.07, 6.45) is 5.50. The molecule has 9 heteroatoms. The van der Waals surface area contributed by atoms with Crippen LogP contribution < -0.4 is 29.7 Å². The molecule has 1 aliphatic carbocycles. The molecule has 9 nitrogen and oxygen atoms in total. The number of aryl methyl sites for hydroxylation is 1. The number of nitrogens with one attached hydrogen (secondary N) is 2. The van der Waals surface area contributed by atoms with E-state index in [0.717, 1.165) is 38.0 Å². The van der Waals surface area contributed by atoms with Crippen LogP contribution in [-0.2, 0) is 11.2 Å². The molecule has 194 valence electrons. The smallest absolute Gasteiger partial charge is 0.229 e. The summed E-state index contributed by atoms with van der Waals surface area (Å²) in [7, 11) is 4.72. The standard InChI is InChI=1S/C28H33N5O4/c1-35-23-15-20(16-24(36-2)26(23)37-3)30-28-29-13-12-25(32-28)33-14-6-8-19(17-33)27(34)31-22-11-10-18-7-4-5-9-21(18)22/h4-5,7,9,12-13,15-16,19,22H,6,8,10-11,14,17H2,1-3H3,(H,31,34)(H,29,30,32)/t19?,22-/m0/s1. The number of rotatable bonds is 8. The minimum absolute atomic E-state index is 0.0806. The number of anilines is 3. The molecule has 2 aromatic carbocycles. The van der Waals surface area contributed by atoms with E-state index in [4.69, 9.17) is 19.2 Å². The fraction of sp³-hybridized carbons (Fsp3) is 0.393. The largest absolute Gasteiger partial charge is 0.493 e. The molecule has 0 saturated carbocycles. The molecule has 1 unspecified atom stereocenters. The Kier molecular flexibility index (Phi) is 7.30. The normalized spacial score (nSPS) is 18.6. The first-order valence-electron chi connectivity index (χ1n) is 12.6. The van der Waals surface area contributed by atoms with Crippen LogP contribution in [0.15, 0.2) is 48.7 Å². The minimum Gasteiger partial charge on any atom is -0.493 e. The third kappa shape index (κ3) is 5.26. The maximum absolute atomic E-state index is 13.2. The monoisotopic (exact) mass is 503 g/mol. The molecule has 1 saturated heterocycles. The fourth-order valence-electron chi connectivity index (χ4n) is 5.26. The number of hydrogen-bond acceptors (Lipinski definition) is 8. The van der Waals surface area contributed by atoms with E-state index in [1.807, 2.05) is 12.1 Å². The van der Waals surface area contributed by atoms with Crippen molar-refractivity contribution in [2.24, 2.45) is 5.92 Å². The maximum atomic E-state index is 13.2. The minimum atomic E-state index is -0.0806. The number of methoxy groups -OCH3 is 3.